The Labute approximate surface area is 63.3 Å². The minimum absolute atomic E-state index is 0.280. The summed E-state index contributed by atoms with van der Waals surface area (Å²) in [6, 6.07) is 0. The first-order chi connectivity index (χ1) is 3.92. The molecule has 0 N–H and O–H groups in total. The van der Waals surface area contributed by atoms with E-state index in [9.17, 15) is 13.0 Å². The van der Waals surface area contributed by atoms with Crippen LogP contribution in [0.15, 0.2) is 0 Å². The fourth-order valence-electron chi connectivity index (χ4n) is 0.196. The van der Waals surface area contributed by atoms with Crippen molar-refractivity contribution in [3.8, 4) is 0 Å². The lowest BCUT2D eigenvalue weighted by Crippen LogP contribution is -2.08. The number of halogens is 4. The number of hydrogen-bond acceptors (Lipinski definition) is 1. The van der Waals surface area contributed by atoms with Crippen molar-refractivity contribution in [3.63, 3.8) is 0 Å². The second kappa shape index (κ2) is 3.68. The van der Waals surface area contributed by atoms with Crippen molar-refractivity contribution in [2.45, 2.75) is 11.8 Å². The summed E-state index contributed by atoms with van der Waals surface area (Å²) < 4.78 is 33.3. The van der Waals surface area contributed by atoms with Crippen LogP contribution in [0.5, 0.6) is 0 Å². The van der Waals surface area contributed by atoms with Gasteiger partial charge in [-0.15, -0.1) is 0 Å². The average Bonchev–Trinajstić information content (AvgIpc) is 1.59. The van der Waals surface area contributed by atoms with Gasteiger partial charge in [-0.05, 0) is 22.3 Å². The van der Waals surface area contributed by atoms with Crippen molar-refractivity contribution in [2.75, 3.05) is 5.75 Å². The third-order valence-corrected chi connectivity index (χ3v) is 1.72. The van der Waals surface area contributed by atoms with Crippen molar-refractivity contribution >= 4 is 32.3 Å². The second-order valence-corrected chi connectivity index (χ2v) is 3.93. The lowest BCUT2D eigenvalue weighted by atomic mass is 10.5. The quantitative estimate of drug-likeness (QED) is 0.500. The highest BCUT2D eigenvalue weighted by molar-refractivity contribution is 8.08. The highest BCUT2D eigenvalue weighted by Gasteiger charge is 2.24. The Morgan fingerprint density at radius 3 is 2.11 bits per heavy atom. The SMILES string of the molecule is O=S(Cl)CCC(F)(F)Cl. The van der Waals surface area contributed by atoms with Crippen molar-refractivity contribution in [1.82, 2.24) is 0 Å². The van der Waals surface area contributed by atoms with Crippen LogP contribution in [0.25, 0.3) is 0 Å². The van der Waals surface area contributed by atoms with E-state index in [4.69, 9.17) is 10.7 Å². The summed E-state index contributed by atoms with van der Waals surface area (Å²) >= 11 is 4.45. The van der Waals surface area contributed by atoms with Crippen molar-refractivity contribution in [1.29, 1.82) is 0 Å². The largest absolute Gasteiger partial charge is 0.322 e. The molecule has 1 unspecified atom stereocenters. The zero-order valence-corrected chi connectivity index (χ0v) is 6.57. The molecule has 0 amide bonds. The van der Waals surface area contributed by atoms with Crippen LogP contribution in [-0.2, 0) is 10.0 Å². The van der Waals surface area contributed by atoms with Gasteiger partial charge in [-0.2, -0.15) is 8.78 Å². The molecule has 0 aliphatic carbocycles. The summed E-state index contributed by atoms with van der Waals surface area (Å²) in [5, 5.41) is -3.27. The molecule has 9 heavy (non-hydrogen) atoms. The lowest BCUT2D eigenvalue weighted by Gasteiger charge is -2.03. The van der Waals surface area contributed by atoms with E-state index in [-0.39, 0.29) is 5.75 Å². The minimum atomic E-state index is -3.27. The highest BCUT2D eigenvalue weighted by Crippen LogP contribution is 2.23. The van der Waals surface area contributed by atoms with Gasteiger partial charge in [-0.1, -0.05) is 0 Å². The fourth-order valence-corrected chi connectivity index (χ4v) is 1.05. The van der Waals surface area contributed by atoms with Crippen LogP contribution >= 0.6 is 22.3 Å². The summed E-state index contributed by atoms with van der Waals surface area (Å²) in [7, 11) is 3.16. The first-order valence-corrected chi connectivity index (χ1v) is 4.55. The first-order valence-electron chi connectivity index (χ1n) is 2.03. The topological polar surface area (TPSA) is 17.1 Å². The van der Waals surface area contributed by atoms with Gasteiger partial charge in [0.2, 0.25) is 0 Å². The van der Waals surface area contributed by atoms with Crippen LogP contribution in [0.3, 0.4) is 0 Å². The van der Waals surface area contributed by atoms with Gasteiger partial charge >= 0.3 is 5.38 Å². The molecule has 0 saturated carbocycles. The van der Waals surface area contributed by atoms with Crippen molar-refractivity contribution in [2.24, 2.45) is 0 Å². The molecule has 0 aromatic heterocycles. The van der Waals surface area contributed by atoms with Gasteiger partial charge in [0.1, 0.15) is 10.0 Å². The highest BCUT2D eigenvalue weighted by atomic mass is 35.7. The molecule has 0 aromatic rings. The number of alkyl halides is 3. The Bertz CT molecular complexity index is 113. The molecular formula is C3H4Cl2F2OS. The molecule has 1 atom stereocenters. The molecule has 0 aliphatic rings. The van der Waals surface area contributed by atoms with E-state index in [2.05, 4.69) is 11.6 Å². The molecule has 0 radical (unpaired) electrons. The van der Waals surface area contributed by atoms with Gasteiger partial charge in [0.25, 0.3) is 0 Å². The van der Waals surface area contributed by atoms with E-state index in [0.29, 0.717) is 0 Å². The lowest BCUT2D eigenvalue weighted by molar-refractivity contribution is 0.0933. The van der Waals surface area contributed by atoms with Gasteiger partial charge in [-0.3, -0.25) is 0 Å². The molecule has 0 aliphatic heterocycles. The van der Waals surface area contributed by atoms with Gasteiger partial charge < -0.3 is 0 Å². The first kappa shape index (κ1) is 9.59. The average molecular weight is 197 g/mol. The third kappa shape index (κ3) is 8.59. The predicted molar refractivity (Wildman–Crippen MR) is 34.3 cm³/mol. The predicted octanol–water partition coefficient (Wildman–Crippen LogP) is 2.11. The van der Waals surface area contributed by atoms with E-state index < -0.39 is 21.8 Å². The second-order valence-electron chi connectivity index (χ2n) is 1.36. The molecular weight excluding hydrogens is 193 g/mol. The molecule has 0 bridgehead atoms. The summed E-state index contributed by atoms with van der Waals surface area (Å²) in [6.07, 6.45) is -0.648. The van der Waals surface area contributed by atoms with Gasteiger partial charge in [-0.25, -0.2) is 4.21 Å². The Morgan fingerprint density at radius 2 is 2.00 bits per heavy atom. The van der Waals surface area contributed by atoms with Crippen LogP contribution in [0.4, 0.5) is 8.78 Å². The molecule has 6 heteroatoms. The molecule has 1 nitrogen and oxygen atoms in total. The number of rotatable bonds is 3. The molecule has 0 spiro atoms. The van der Waals surface area contributed by atoms with E-state index >= 15 is 0 Å². The Hall–Kier alpha value is 0.590. The minimum Gasteiger partial charge on any atom is -0.243 e. The fraction of sp³-hybridized carbons (Fsp3) is 1.00. The molecule has 0 rings (SSSR count). The normalized spacial score (nSPS) is 15.6. The third-order valence-electron chi connectivity index (χ3n) is 0.546. The molecule has 0 heterocycles. The molecule has 0 fully saturated rings. The number of hydrogen-bond donors (Lipinski definition) is 0. The molecule has 0 aromatic carbocycles. The van der Waals surface area contributed by atoms with E-state index in [1.54, 1.807) is 0 Å². The van der Waals surface area contributed by atoms with Crippen LogP contribution in [0.1, 0.15) is 6.42 Å². The molecule has 56 valence electrons. The smallest absolute Gasteiger partial charge is 0.243 e. The van der Waals surface area contributed by atoms with Gasteiger partial charge in [0.15, 0.2) is 0 Å². The monoisotopic (exact) mass is 196 g/mol. The standard InChI is InChI=1S/C3H4Cl2F2OS/c4-3(6,7)1-2-9(5)8/h1-2H2. The van der Waals surface area contributed by atoms with E-state index in [0.717, 1.165) is 0 Å². The van der Waals surface area contributed by atoms with Crippen LogP contribution in [0, 0.1) is 0 Å². The van der Waals surface area contributed by atoms with E-state index in [1.165, 1.54) is 0 Å². The van der Waals surface area contributed by atoms with Crippen LogP contribution in [-0.4, -0.2) is 15.3 Å². The zero-order chi connectivity index (χ0) is 7.49. The van der Waals surface area contributed by atoms with Crippen LogP contribution < -0.4 is 0 Å². The Balaban J connectivity index is 3.39. The van der Waals surface area contributed by atoms with Crippen LogP contribution in [0.2, 0.25) is 0 Å². The Morgan fingerprint density at radius 1 is 1.56 bits per heavy atom. The maximum atomic E-state index is 11.7. The maximum Gasteiger partial charge on any atom is 0.322 e. The van der Waals surface area contributed by atoms with Gasteiger partial charge in [0, 0.05) is 12.2 Å². The summed E-state index contributed by atoms with van der Waals surface area (Å²) in [5.74, 6) is -0.280. The van der Waals surface area contributed by atoms with E-state index in [1.807, 2.05) is 0 Å². The van der Waals surface area contributed by atoms with Crippen molar-refractivity contribution in [3.05, 3.63) is 0 Å². The Kier molecular flexibility index (Phi) is 3.93. The summed E-state index contributed by atoms with van der Waals surface area (Å²) in [6.45, 7) is 0. The van der Waals surface area contributed by atoms with Crippen molar-refractivity contribution < 1.29 is 13.0 Å². The summed E-state index contributed by atoms with van der Waals surface area (Å²) in [4.78, 5) is 0. The van der Waals surface area contributed by atoms with Gasteiger partial charge in [0.05, 0.1) is 0 Å². The zero-order valence-electron chi connectivity index (χ0n) is 4.24. The summed E-state index contributed by atoms with van der Waals surface area (Å²) in [5.41, 5.74) is 0. The maximum absolute atomic E-state index is 11.7. The molecule has 0 saturated heterocycles.